The number of aliphatic imine (C=N–C) groups is 1. The second-order valence-corrected chi connectivity index (χ2v) is 9.17. The number of hydrogen-bond donors (Lipinski definition) is 0. The van der Waals surface area contributed by atoms with Gasteiger partial charge in [0.2, 0.25) is 0 Å². The summed E-state index contributed by atoms with van der Waals surface area (Å²) in [6, 6.07) is 23.5. The van der Waals surface area contributed by atoms with Gasteiger partial charge in [-0.15, -0.1) is 0 Å². The van der Waals surface area contributed by atoms with Gasteiger partial charge in [-0.1, -0.05) is 48.5 Å². The number of thioether (sulfide) groups is 1. The van der Waals surface area contributed by atoms with Gasteiger partial charge in [0.15, 0.2) is 17.3 Å². The van der Waals surface area contributed by atoms with Gasteiger partial charge in [0, 0.05) is 6.42 Å². The summed E-state index contributed by atoms with van der Waals surface area (Å²) in [5.41, 5.74) is 3.91. The van der Waals surface area contributed by atoms with Crippen molar-refractivity contribution in [1.29, 1.82) is 0 Å². The topological polar surface area (TPSA) is 72.7 Å². The molecule has 2 aliphatic rings. The van der Waals surface area contributed by atoms with E-state index in [1.165, 1.54) is 0 Å². The van der Waals surface area contributed by atoms with E-state index in [4.69, 9.17) is 19.3 Å². The Bertz CT molecular complexity index is 1370. The fourth-order valence-electron chi connectivity index (χ4n) is 4.25. The molecule has 7 nitrogen and oxygen atoms in total. The molecule has 0 aliphatic carbocycles. The highest BCUT2D eigenvalue weighted by molar-refractivity contribution is 8.18. The molecule has 0 aromatic heterocycles. The van der Waals surface area contributed by atoms with Crippen molar-refractivity contribution in [2.75, 3.05) is 21.3 Å². The van der Waals surface area contributed by atoms with Crippen LogP contribution in [0.2, 0.25) is 0 Å². The molecule has 2 aliphatic heterocycles. The molecule has 0 saturated carbocycles. The van der Waals surface area contributed by atoms with Crippen LogP contribution in [0.4, 0.5) is 4.79 Å². The lowest BCUT2D eigenvalue weighted by Gasteiger charge is -2.24. The number of benzene rings is 3. The minimum atomic E-state index is -0.270. The molecule has 0 bridgehead atoms. The van der Waals surface area contributed by atoms with Crippen LogP contribution >= 0.6 is 11.8 Å². The number of methoxy groups -OCH3 is 3. The van der Waals surface area contributed by atoms with E-state index in [1.54, 1.807) is 21.3 Å². The van der Waals surface area contributed by atoms with Gasteiger partial charge in [0.1, 0.15) is 5.75 Å². The van der Waals surface area contributed by atoms with E-state index in [0.29, 0.717) is 23.8 Å². The van der Waals surface area contributed by atoms with Crippen LogP contribution in [0.25, 0.3) is 6.08 Å². The highest BCUT2D eigenvalue weighted by Crippen LogP contribution is 2.40. The average molecular weight is 500 g/mol. The summed E-state index contributed by atoms with van der Waals surface area (Å²) in [6.07, 6.45) is 2.61. The standard InChI is InChI=1S/C28H25N3O4S/c1-33-21-12-10-20(11-13-21)23-17-22(19-7-5-4-6-8-19)30-31(23)27-26(36-28(32)29-27)16-18-9-14-24(34-2)25(15-18)35-3/h4-16,23H,17H2,1-3H3/b26-16-/t23-/m1/s1. The number of nitrogens with zero attached hydrogens (tertiary/aromatic N) is 3. The minimum Gasteiger partial charge on any atom is -0.497 e. The lowest BCUT2D eigenvalue weighted by molar-refractivity contribution is 0.267. The van der Waals surface area contributed by atoms with Crippen LogP contribution in [0.5, 0.6) is 17.2 Å². The Morgan fingerprint density at radius 2 is 1.67 bits per heavy atom. The molecule has 5 rings (SSSR count). The maximum absolute atomic E-state index is 12.5. The van der Waals surface area contributed by atoms with Crippen LogP contribution in [0.1, 0.15) is 29.2 Å². The molecule has 0 unspecified atom stereocenters. The SMILES string of the molecule is COc1ccc([C@H]2CC(c3ccccc3)=NN2C2=NC(=O)S/C2=C\c2ccc(OC)c(OC)c2)cc1. The van der Waals surface area contributed by atoms with Crippen LogP contribution in [-0.2, 0) is 0 Å². The third kappa shape index (κ3) is 4.72. The van der Waals surface area contributed by atoms with E-state index >= 15 is 0 Å². The molecule has 0 saturated heterocycles. The number of rotatable bonds is 6. The molecule has 1 amide bonds. The molecule has 8 heteroatoms. The maximum atomic E-state index is 12.5. The molecule has 36 heavy (non-hydrogen) atoms. The molecule has 2 heterocycles. The molecular formula is C28H25N3O4S. The third-order valence-corrected chi connectivity index (χ3v) is 6.84. The number of ether oxygens (including phenoxy) is 3. The van der Waals surface area contributed by atoms with Crippen molar-refractivity contribution in [1.82, 2.24) is 5.01 Å². The highest BCUT2D eigenvalue weighted by Gasteiger charge is 2.36. The summed E-state index contributed by atoms with van der Waals surface area (Å²) in [6.45, 7) is 0. The predicted octanol–water partition coefficient (Wildman–Crippen LogP) is 6.17. The zero-order valence-corrected chi connectivity index (χ0v) is 21.0. The number of amidine groups is 1. The van der Waals surface area contributed by atoms with Crippen LogP contribution < -0.4 is 14.2 Å². The van der Waals surface area contributed by atoms with Crippen LogP contribution in [0.15, 0.2) is 87.8 Å². The van der Waals surface area contributed by atoms with Crippen LogP contribution in [0, 0.1) is 0 Å². The predicted molar refractivity (Wildman–Crippen MR) is 143 cm³/mol. The number of carbonyl (C=O) groups is 1. The van der Waals surface area contributed by atoms with E-state index in [9.17, 15) is 4.79 Å². The zero-order chi connectivity index (χ0) is 25.1. The summed E-state index contributed by atoms with van der Waals surface area (Å²) < 4.78 is 16.1. The first-order valence-electron chi connectivity index (χ1n) is 11.4. The first-order valence-corrected chi connectivity index (χ1v) is 12.2. The van der Waals surface area contributed by atoms with Crippen molar-refractivity contribution in [3.05, 3.63) is 94.4 Å². The van der Waals surface area contributed by atoms with Crippen LogP contribution in [0.3, 0.4) is 0 Å². The van der Waals surface area contributed by atoms with Gasteiger partial charge in [0.05, 0.1) is 38.0 Å². The van der Waals surface area contributed by atoms with Crippen molar-refractivity contribution in [2.24, 2.45) is 10.1 Å². The summed E-state index contributed by atoms with van der Waals surface area (Å²) in [5, 5.41) is 6.56. The summed E-state index contributed by atoms with van der Waals surface area (Å²) in [7, 11) is 4.84. The molecule has 0 radical (unpaired) electrons. The number of hydrazone groups is 1. The Morgan fingerprint density at radius 3 is 2.36 bits per heavy atom. The van der Waals surface area contributed by atoms with Gasteiger partial charge in [-0.2, -0.15) is 10.1 Å². The fraction of sp³-hybridized carbons (Fsp3) is 0.179. The van der Waals surface area contributed by atoms with Crippen LogP contribution in [-0.4, -0.2) is 43.1 Å². The third-order valence-electron chi connectivity index (χ3n) is 6.06. The van der Waals surface area contributed by atoms with Gasteiger partial charge < -0.3 is 14.2 Å². The number of hydrogen-bond acceptors (Lipinski definition) is 7. The molecule has 0 spiro atoms. The Kier molecular flexibility index (Phi) is 6.77. The molecular weight excluding hydrogens is 474 g/mol. The summed E-state index contributed by atoms with van der Waals surface area (Å²) in [4.78, 5) is 17.6. The monoisotopic (exact) mass is 499 g/mol. The maximum Gasteiger partial charge on any atom is 0.311 e. The van der Waals surface area contributed by atoms with Gasteiger partial charge in [0.25, 0.3) is 0 Å². The Morgan fingerprint density at radius 1 is 0.917 bits per heavy atom. The van der Waals surface area contributed by atoms with Crippen molar-refractivity contribution in [3.63, 3.8) is 0 Å². The molecule has 182 valence electrons. The molecule has 3 aromatic rings. The zero-order valence-electron chi connectivity index (χ0n) is 20.2. The highest BCUT2D eigenvalue weighted by atomic mass is 32.2. The molecule has 0 N–H and O–H groups in total. The lowest BCUT2D eigenvalue weighted by atomic mass is 9.98. The van der Waals surface area contributed by atoms with E-state index in [0.717, 1.165) is 44.8 Å². The van der Waals surface area contributed by atoms with Crippen molar-refractivity contribution in [3.8, 4) is 17.2 Å². The first kappa shape index (κ1) is 23.7. The Labute approximate surface area is 214 Å². The normalized spacial score (nSPS) is 18.3. The lowest BCUT2D eigenvalue weighted by Crippen LogP contribution is -2.26. The second kappa shape index (κ2) is 10.3. The van der Waals surface area contributed by atoms with E-state index < -0.39 is 0 Å². The van der Waals surface area contributed by atoms with Crippen molar-refractivity contribution < 1.29 is 19.0 Å². The fourth-order valence-corrected chi connectivity index (χ4v) is 5.00. The van der Waals surface area contributed by atoms with Crippen molar-refractivity contribution in [2.45, 2.75) is 12.5 Å². The number of amides is 1. The largest absolute Gasteiger partial charge is 0.497 e. The second-order valence-electron chi connectivity index (χ2n) is 8.18. The Hall–Kier alpha value is -4.04. The van der Waals surface area contributed by atoms with E-state index in [2.05, 4.69) is 4.99 Å². The average Bonchev–Trinajstić information content (AvgIpc) is 3.52. The van der Waals surface area contributed by atoms with Crippen molar-refractivity contribution >= 4 is 34.6 Å². The first-order chi connectivity index (χ1) is 17.6. The van der Waals surface area contributed by atoms with Gasteiger partial charge >= 0.3 is 5.24 Å². The van der Waals surface area contributed by atoms with E-state index in [1.807, 2.05) is 83.9 Å². The summed E-state index contributed by atoms with van der Waals surface area (Å²) in [5.74, 6) is 2.57. The molecule has 0 fully saturated rings. The smallest absolute Gasteiger partial charge is 0.311 e. The quantitative estimate of drug-likeness (QED) is 0.404. The molecule has 1 atom stereocenters. The van der Waals surface area contributed by atoms with Gasteiger partial charge in [-0.3, -0.25) is 4.79 Å². The Balaban J connectivity index is 1.55. The minimum absolute atomic E-state index is 0.120. The summed E-state index contributed by atoms with van der Waals surface area (Å²) >= 11 is 1.09. The molecule has 3 aromatic carbocycles. The van der Waals surface area contributed by atoms with Gasteiger partial charge in [-0.05, 0) is 58.8 Å². The number of carbonyl (C=O) groups excluding carboxylic acids is 1. The van der Waals surface area contributed by atoms with Gasteiger partial charge in [-0.25, -0.2) is 5.01 Å². The van der Waals surface area contributed by atoms with E-state index in [-0.39, 0.29) is 11.3 Å².